The largest absolute Gasteiger partial charge is 0.390 e. The number of nitrogens with zero attached hydrogens (tertiary/aromatic N) is 1. The van der Waals surface area contributed by atoms with Crippen LogP contribution in [0.25, 0.3) is 0 Å². The minimum absolute atomic E-state index is 0.150. The predicted octanol–water partition coefficient (Wildman–Crippen LogP) is 4.80. The SMILES string of the molecule is C[C@@]12C[C@H](c3ccccc3)N(CC3(O)CCC(c4ccccc4)CC3)[C@@H]1CCC[C@@H](O)[C@H]2O. The molecule has 4 nitrogen and oxygen atoms in total. The van der Waals surface area contributed by atoms with Crippen molar-refractivity contribution >= 4 is 0 Å². The Morgan fingerprint density at radius 2 is 1.45 bits per heavy atom. The number of hydrogen-bond donors (Lipinski definition) is 3. The monoisotopic (exact) mass is 449 g/mol. The third kappa shape index (κ3) is 4.39. The normalized spacial score (nSPS) is 39.7. The zero-order chi connectivity index (χ0) is 23.1. The number of benzene rings is 2. The second kappa shape index (κ2) is 9.14. The van der Waals surface area contributed by atoms with E-state index in [9.17, 15) is 15.3 Å². The van der Waals surface area contributed by atoms with E-state index >= 15 is 0 Å². The van der Waals surface area contributed by atoms with Crippen LogP contribution in [0.1, 0.15) is 81.4 Å². The quantitative estimate of drug-likeness (QED) is 0.627. The van der Waals surface area contributed by atoms with Crippen molar-refractivity contribution in [1.29, 1.82) is 0 Å². The molecule has 1 heterocycles. The van der Waals surface area contributed by atoms with Crippen LogP contribution in [0.5, 0.6) is 0 Å². The number of aliphatic hydroxyl groups is 3. The summed E-state index contributed by atoms with van der Waals surface area (Å²) in [6.45, 7) is 2.79. The molecule has 3 fully saturated rings. The van der Waals surface area contributed by atoms with Crippen molar-refractivity contribution in [2.45, 2.75) is 94.1 Å². The summed E-state index contributed by atoms with van der Waals surface area (Å²) in [5, 5.41) is 33.5. The van der Waals surface area contributed by atoms with E-state index in [1.165, 1.54) is 11.1 Å². The van der Waals surface area contributed by atoms with E-state index in [0.29, 0.717) is 18.9 Å². The van der Waals surface area contributed by atoms with Crippen LogP contribution in [0.4, 0.5) is 0 Å². The molecule has 0 unspecified atom stereocenters. The highest BCUT2D eigenvalue weighted by Crippen LogP contribution is 2.54. The average molecular weight is 450 g/mol. The number of hydrogen-bond acceptors (Lipinski definition) is 4. The number of fused-ring (bicyclic) bond motifs is 1. The molecular weight excluding hydrogens is 410 g/mol. The second-order valence-corrected chi connectivity index (χ2v) is 11.2. The Morgan fingerprint density at radius 3 is 2.09 bits per heavy atom. The van der Waals surface area contributed by atoms with Gasteiger partial charge in [-0.1, -0.05) is 67.6 Å². The molecule has 3 aliphatic rings. The van der Waals surface area contributed by atoms with Crippen LogP contribution >= 0.6 is 0 Å². The van der Waals surface area contributed by atoms with Crippen LogP contribution in [0, 0.1) is 5.41 Å². The van der Waals surface area contributed by atoms with E-state index in [2.05, 4.69) is 66.4 Å². The third-order valence-corrected chi connectivity index (χ3v) is 9.06. The lowest BCUT2D eigenvalue weighted by atomic mass is 9.74. The van der Waals surface area contributed by atoms with E-state index in [4.69, 9.17) is 0 Å². The molecular formula is C29H39NO3. The van der Waals surface area contributed by atoms with Crippen molar-refractivity contribution in [3.8, 4) is 0 Å². The van der Waals surface area contributed by atoms with Gasteiger partial charge in [0, 0.05) is 24.0 Å². The van der Waals surface area contributed by atoms with Crippen LogP contribution in [0.15, 0.2) is 60.7 Å². The fourth-order valence-electron chi connectivity index (χ4n) is 7.11. The molecule has 0 radical (unpaired) electrons. The van der Waals surface area contributed by atoms with Crippen molar-refractivity contribution in [3.63, 3.8) is 0 Å². The van der Waals surface area contributed by atoms with Crippen LogP contribution in [-0.4, -0.2) is 50.6 Å². The van der Waals surface area contributed by atoms with Gasteiger partial charge in [-0.2, -0.15) is 0 Å². The highest BCUT2D eigenvalue weighted by molar-refractivity contribution is 5.25. The zero-order valence-electron chi connectivity index (χ0n) is 19.8. The van der Waals surface area contributed by atoms with Crippen molar-refractivity contribution in [2.75, 3.05) is 6.54 Å². The maximum Gasteiger partial charge on any atom is 0.0868 e. The van der Waals surface area contributed by atoms with E-state index < -0.39 is 17.8 Å². The van der Waals surface area contributed by atoms with E-state index in [-0.39, 0.29) is 17.5 Å². The molecule has 2 saturated carbocycles. The fourth-order valence-corrected chi connectivity index (χ4v) is 7.11. The molecule has 2 aliphatic carbocycles. The molecule has 4 heteroatoms. The van der Waals surface area contributed by atoms with Gasteiger partial charge in [-0.05, 0) is 68.4 Å². The highest BCUT2D eigenvalue weighted by Gasteiger charge is 2.56. The van der Waals surface area contributed by atoms with Gasteiger partial charge in [-0.25, -0.2) is 0 Å². The van der Waals surface area contributed by atoms with Crippen molar-refractivity contribution in [1.82, 2.24) is 4.90 Å². The van der Waals surface area contributed by atoms with Crippen molar-refractivity contribution in [2.24, 2.45) is 5.41 Å². The van der Waals surface area contributed by atoms with Gasteiger partial charge in [0.2, 0.25) is 0 Å². The summed E-state index contributed by atoms with van der Waals surface area (Å²) in [5.74, 6) is 0.523. The van der Waals surface area contributed by atoms with Crippen molar-refractivity contribution in [3.05, 3.63) is 71.8 Å². The minimum atomic E-state index is -0.732. The first-order valence-corrected chi connectivity index (χ1v) is 12.8. The van der Waals surface area contributed by atoms with Gasteiger partial charge < -0.3 is 15.3 Å². The maximum absolute atomic E-state index is 11.8. The molecule has 3 N–H and O–H groups in total. The van der Waals surface area contributed by atoms with Crippen molar-refractivity contribution < 1.29 is 15.3 Å². The Morgan fingerprint density at radius 1 is 0.848 bits per heavy atom. The van der Waals surface area contributed by atoms with Crippen LogP contribution in [-0.2, 0) is 0 Å². The van der Waals surface area contributed by atoms with Gasteiger partial charge >= 0.3 is 0 Å². The fraction of sp³-hybridized carbons (Fsp3) is 0.586. The summed E-state index contributed by atoms with van der Waals surface area (Å²) in [7, 11) is 0. The maximum atomic E-state index is 11.8. The molecule has 0 aromatic heterocycles. The summed E-state index contributed by atoms with van der Waals surface area (Å²) in [6, 6.07) is 21.6. The lowest BCUT2D eigenvalue weighted by Crippen LogP contribution is -2.52. The highest BCUT2D eigenvalue weighted by atomic mass is 16.3. The molecule has 2 aromatic rings. The van der Waals surface area contributed by atoms with Gasteiger partial charge in [0.1, 0.15) is 0 Å². The van der Waals surface area contributed by atoms with Gasteiger partial charge in [-0.15, -0.1) is 0 Å². The molecule has 5 rings (SSSR count). The number of β-amino-alcohol motifs (C(OH)–C–C–N with tert-alkyl or cyclic N) is 1. The smallest absolute Gasteiger partial charge is 0.0868 e. The first kappa shape index (κ1) is 23.0. The molecule has 178 valence electrons. The molecule has 5 atom stereocenters. The molecule has 2 aromatic carbocycles. The topological polar surface area (TPSA) is 63.9 Å². The molecule has 33 heavy (non-hydrogen) atoms. The number of aliphatic hydroxyl groups excluding tert-OH is 2. The Balaban J connectivity index is 1.39. The van der Waals surface area contributed by atoms with Gasteiger partial charge in [0.25, 0.3) is 0 Å². The number of rotatable bonds is 4. The van der Waals surface area contributed by atoms with Gasteiger partial charge in [-0.3, -0.25) is 4.90 Å². The van der Waals surface area contributed by atoms with Gasteiger partial charge in [0.05, 0.1) is 17.8 Å². The third-order valence-electron chi connectivity index (χ3n) is 9.06. The Hall–Kier alpha value is -1.72. The van der Waals surface area contributed by atoms with E-state index in [0.717, 1.165) is 44.9 Å². The Labute approximate surface area is 198 Å². The first-order valence-electron chi connectivity index (χ1n) is 12.8. The number of likely N-dealkylation sites (tertiary alicyclic amines) is 1. The molecule has 1 saturated heterocycles. The molecule has 0 spiro atoms. The zero-order valence-corrected chi connectivity index (χ0v) is 19.8. The Kier molecular flexibility index (Phi) is 6.39. The molecule has 1 aliphatic heterocycles. The lowest BCUT2D eigenvalue weighted by molar-refractivity contribution is -0.0751. The standard InChI is InChI=1S/C29H39NO3/c1-28-19-24(23-11-6-3-7-12-23)30(26(28)14-8-13-25(31)27(28)32)20-29(33)17-15-22(16-18-29)21-9-4-2-5-10-21/h2-7,9-12,22,24-27,31-33H,8,13-20H2,1H3/t22?,24-,25-,26-,27-,28-,29?/m1/s1. The molecule has 0 amide bonds. The first-order chi connectivity index (χ1) is 15.9. The second-order valence-electron chi connectivity index (χ2n) is 11.2. The Bertz CT molecular complexity index is 911. The lowest BCUT2D eigenvalue weighted by Gasteiger charge is -2.44. The van der Waals surface area contributed by atoms with Crippen LogP contribution < -0.4 is 0 Å². The summed E-state index contributed by atoms with van der Waals surface area (Å²) in [5.41, 5.74) is 1.54. The van der Waals surface area contributed by atoms with E-state index in [1.54, 1.807) is 0 Å². The summed E-state index contributed by atoms with van der Waals surface area (Å²) in [6.07, 6.45) is 5.55. The summed E-state index contributed by atoms with van der Waals surface area (Å²) in [4.78, 5) is 2.50. The average Bonchev–Trinajstić information content (AvgIpc) is 3.06. The summed E-state index contributed by atoms with van der Waals surface area (Å²) >= 11 is 0. The predicted molar refractivity (Wildman–Crippen MR) is 131 cm³/mol. The van der Waals surface area contributed by atoms with E-state index in [1.807, 2.05) is 6.07 Å². The van der Waals surface area contributed by atoms with Gasteiger partial charge in [0.15, 0.2) is 0 Å². The van der Waals surface area contributed by atoms with Crippen LogP contribution in [0.2, 0.25) is 0 Å². The van der Waals surface area contributed by atoms with Crippen LogP contribution in [0.3, 0.4) is 0 Å². The molecule has 0 bridgehead atoms. The summed E-state index contributed by atoms with van der Waals surface area (Å²) < 4.78 is 0. The minimum Gasteiger partial charge on any atom is -0.390 e.